The number of nitrogens with two attached hydrogens (primary N) is 1. The average Bonchev–Trinajstić information content (AvgIpc) is 3.08. The van der Waals surface area contributed by atoms with Crippen LogP contribution >= 0.6 is 0 Å². The molecule has 4 atom stereocenters. The molecule has 25 heavy (non-hydrogen) atoms. The summed E-state index contributed by atoms with van der Waals surface area (Å²) in [5.41, 5.74) is 6.41. The van der Waals surface area contributed by atoms with Crippen molar-refractivity contribution in [1.82, 2.24) is 20.6 Å². The van der Waals surface area contributed by atoms with Crippen molar-refractivity contribution in [3.05, 3.63) is 18.2 Å². The summed E-state index contributed by atoms with van der Waals surface area (Å²) in [7, 11) is 0. The molecule has 1 aromatic rings. The molecular formula is C15H25N5O5. The molecule has 0 fully saturated rings. The van der Waals surface area contributed by atoms with Crippen LogP contribution in [0.25, 0.3) is 0 Å². The third-order valence-electron chi connectivity index (χ3n) is 3.92. The molecule has 10 heteroatoms. The third kappa shape index (κ3) is 6.16. The Kier molecular flexibility index (Phi) is 8.02. The predicted molar refractivity (Wildman–Crippen MR) is 88.3 cm³/mol. The van der Waals surface area contributed by atoms with E-state index >= 15 is 0 Å². The lowest BCUT2D eigenvalue weighted by atomic mass is 9.99. The van der Waals surface area contributed by atoms with Gasteiger partial charge in [-0.25, -0.2) is 9.78 Å². The van der Waals surface area contributed by atoms with E-state index in [-0.39, 0.29) is 12.3 Å². The van der Waals surface area contributed by atoms with Crippen molar-refractivity contribution in [2.75, 3.05) is 6.61 Å². The molecule has 1 aromatic heterocycles. The molecule has 10 nitrogen and oxygen atoms in total. The van der Waals surface area contributed by atoms with Crippen molar-refractivity contribution >= 4 is 17.8 Å². The van der Waals surface area contributed by atoms with Crippen LogP contribution in [0, 0.1) is 5.92 Å². The molecule has 0 radical (unpaired) electrons. The fourth-order valence-corrected chi connectivity index (χ4v) is 2.14. The number of H-pyrrole nitrogens is 1. The number of aliphatic carboxylic acids is 1. The van der Waals surface area contributed by atoms with Crippen LogP contribution in [-0.4, -0.2) is 62.7 Å². The molecule has 1 heterocycles. The van der Waals surface area contributed by atoms with Gasteiger partial charge in [-0.3, -0.25) is 9.59 Å². The first-order valence-corrected chi connectivity index (χ1v) is 7.97. The van der Waals surface area contributed by atoms with Gasteiger partial charge in [0.1, 0.15) is 12.1 Å². The van der Waals surface area contributed by atoms with Gasteiger partial charge in [-0.2, -0.15) is 0 Å². The molecule has 0 aliphatic heterocycles. The van der Waals surface area contributed by atoms with E-state index in [4.69, 9.17) is 5.73 Å². The molecule has 4 unspecified atom stereocenters. The molecule has 0 aromatic carbocycles. The van der Waals surface area contributed by atoms with Gasteiger partial charge in [-0.15, -0.1) is 0 Å². The normalized spacial score (nSPS) is 15.7. The van der Waals surface area contributed by atoms with Crippen molar-refractivity contribution in [3.63, 3.8) is 0 Å². The first-order valence-electron chi connectivity index (χ1n) is 7.97. The van der Waals surface area contributed by atoms with E-state index in [1.807, 2.05) is 0 Å². The van der Waals surface area contributed by atoms with E-state index in [1.165, 1.54) is 12.5 Å². The molecule has 7 N–H and O–H groups in total. The van der Waals surface area contributed by atoms with Gasteiger partial charge in [-0.1, -0.05) is 20.3 Å². The van der Waals surface area contributed by atoms with Crippen LogP contribution in [0.2, 0.25) is 0 Å². The zero-order valence-corrected chi connectivity index (χ0v) is 14.2. The number of aromatic amines is 1. The van der Waals surface area contributed by atoms with Crippen molar-refractivity contribution in [3.8, 4) is 0 Å². The van der Waals surface area contributed by atoms with Crippen LogP contribution in [-0.2, 0) is 20.8 Å². The molecule has 0 bridgehead atoms. The highest BCUT2D eigenvalue weighted by Gasteiger charge is 2.30. The molecule has 0 saturated heterocycles. The molecule has 0 saturated carbocycles. The summed E-state index contributed by atoms with van der Waals surface area (Å²) in [5.74, 6) is -2.91. The molecule has 0 aliphatic rings. The minimum absolute atomic E-state index is 0.177. The molecular weight excluding hydrogens is 330 g/mol. The summed E-state index contributed by atoms with van der Waals surface area (Å²) in [5, 5.41) is 23.2. The minimum Gasteiger partial charge on any atom is -0.480 e. The Bertz CT molecular complexity index is 577. The number of amides is 2. The van der Waals surface area contributed by atoms with Gasteiger partial charge in [0.05, 0.1) is 19.0 Å². The molecule has 0 aliphatic carbocycles. The van der Waals surface area contributed by atoms with Gasteiger partial charge in [0.2, 0.25) is 11.8 Å². The minimum atomic E-state index is -1.29. The standard InChI is InChI=1S/C15H25N5O5/c1-3-8(2)12(15(24)25)20-14(23)11(6-21)19-13(22)10(16)4-9-5-17-7-18-9/h5,7-8,10-12,21H,3-4,6,16H2,1-2H3,(H,17,18)(H,19,22)(H,20,23)(H,24,25). The highest BCUT2D eigenvalue weighted by atomic mass is 16.4. The SMILES string of the molecule is CCC(C)C(NC(=O)C(CO)NC(=O)C(N)Cc1cnc[nH]1)C(=O)O. The monoisotopic (exact) mass is 355 g/mol. The summed E-state index contributed by atoms with van der Waals surface area (Å²) in [6.45, 7) is 2.81. The number of carbonyl (C=O) groups is 3. The molecule has 0 spiro atoms. The van der Waals surface area contributed by atoms with Crippen molar-refractivity contribution in [1.29, 1.82) is 0 Å². The second-order valence-corrected chi connectivity index (χ2v) is 5.84. The zero-order valence-electron chi connectivity index (χ0n) is 14.2. The average molecular weight is 355 g/mol. The Labute approximate surface area is 145 Å². The quantitative estimate of drug-likeness (QED) is 0.292. The van der Waals surface area contributed by atoms with Crippen LogP contribution in [0.15, 0.2) is 12.5 Å². The lowest BCUT2D eigenvalue weighted by molar-refractivity contribution is -0.144. The van der Waals surface area contributed by atoms with Gasteiger partial charge < -0.3 is 31.6 Å². The summed E-state index contributed by atoms with van der Waals surface area (Å²) in [6.07, 6.45) is 3.69. The van der Waals surface area contributed by atoms with Crippen LogP contribution in [0.3, 0.4) is 0 Å². The van der Waals surface area contributed by atoms with Crippen molar-refractivity contribution in [2.24, 2.45) is 11.7 Å². The number of nitrogens with zero attached hydrogens (tertiary/aromatic N) is 1. The highest BCUT2D eigenvalue weighted by molar-refractivity contribution is 5.92. The zero-order chi connectivity index (χ0) is 19.0. The molecule has 1 rings (SSSR count). The molecule has 2 amide bonds. The summed E-state index contributed by atoms with van der Waals surface area (Å²) in [4.78, 5) is 42.1. The second kappa shape index (κ2) is 9.74. The number of carboxylic acid groups (broad SMARTS) is 1. The van der Waals surface area contributed by atoms with E-state index in [1.54, 1.807) is 13.8 Å². The number of carbonyl (C=O) groups excluding carboxylic acids is 2. The fourth-order valence-electron chi connectivity index (χ4n) is 2.14. The van der Waals surface area contributed by atoms with Gasteiger partial charge in [0, 0.05) is 18.3 Å². The first kappa shape index (κ1) is 20.6. The Hall–Kier alpha value is -2.46. The maximum atomic E-state index is 12.2. The summed E-state index contributed by atoms with van der Waals surface area (Å²) < 4.78 is 0. The molecule has 140 valence electrons. The van der Waals surface area contributed by atoms with Gasteiger partial charge >= 0.3 is 5.97 Å². The predicted octanol–water partition coefficient (Wildman–Crippen LogP) is -1.63. The van der Waals surface area contributed by atoms with Crippen molar-refractivity contribution < 1.29 is 24.6 Å². The number of nitrogens with one attached hydrogen (secondary N) is 3. The van der Waals surface area contributed by atoms with E-state index in [0.29, 0.717) is 12.1 Å². The number of imidazole rings is 1. The topological polar surface area (TPSA) is 170 Å². The number of rotatable bonds is 10. The van der Waals surface area contributed by atoms with E-state index < -0.39 is 42.5 Å². The number of aliphatic hydroxyl groups is 1. The summed E-state index contributed by atoms with van der Waals surface area (Å²) in [6, 6.07) is -3.35. The van der Waals surface area contributed by atoms with Gasteiger partial charge in [0.25, 0.3) is 0 Å². The van der Waals surface area contributed by atoms with Crippen molar-refractivity contribution in [2.45, 2.75) is 44.8 Å². The first-order chi connectivity index (χ1) is 11.8. The van der Waals surface area contributed by atoms with Gasteiger partial charge in [0.15, 0.2) is 0 Å². The number of carboxylic acids is 1. The van der Waals surface area contributed by atoms with E-state index in [9.17, 15) is 24.6 Å². The summed E-state index contributed by atoms with van der Waals surface area (Å²) >= 11 is 0. The Morgan fingerprint density at radius 2 is 2.00 bits per heavy atom. The Balaban J connectivity index is 2.65. The maximum absolute atomic E-state index is 12.2. The number of hydrogen-bond donors (Lipinski definition) is 6. The van der Waals surface area contributed by atoms with Gasteiger partial charge in [-0.05, 0) is 5.92 Å². The fraction of sp³-hybridized carbons (Fsp3) is 0.600. The third-order valence-corrected chi connectivity index (χ3v) is 3.92. The largest absolute Gasteiger partial charge is 0.480 e. The van der Waals surface area contributed by atoms with E-state index in [2.05, 4.69) is 20.6 Å². The maximum Gasteiger partial charge on any atom is 0.326 e. The number of aliphatic hydroxyl groups excluding tert-OH is 1. The number of hydrogen-bond acceptors (Lipinski definition) is 6. The van der Waals surface area contributed by atoms with E-state index in [0.717, 1.165) is 0 Å². The van der Waals surface area contributed by atoms with Crippen LogP contribution in [0.1, 0.15) is 26.0 Å². The Morgan fingerprint density at radius 3 is 2.48 bits per heavy atom. The van der Waals surface area contributed by atoms with Crippen LogP contribution in [0.5, 0.6) is 0 Å². The lowest BCUT2D eigenvalue weighted by Crippen LogP contribution is -2.57. The second-order valence-electron chi connectivity index (χ2n) is 5.84. The highest BCUT2D eigenvalue weighted by Crippen LogP contribution is 2.08. The van der Waals surface area contributed by atoms with Crippen LogP contribution < -0.4 is 16.4 Å². The smallest absolute Gasteiger partial charge is 0.326 e. The lowest BCUT2D eigenvalue weighted by Gasteiger charge is -2.24. The number of aromatic nitrogens is 2. The van der Waals surface area contributed by atoms with Crippen LogP contribution in [0.4, 0.5) is 0 Å². The Morgan fingerprint density at radius 1 is 1.32 bits per heavy atom.